The van der Waals surface area contributed by atoms with Gasteiger partial charge in [0.15, 0.2) is 0 Å². The number of aliphatic hydroxyl groups is 1. The summed E-state index contributed by atoms with van der Waals surface area (Å²) in [5.41, 5.74) is 2.41. The number of nitrogens with zero attached hydrogens (tertiary/aromatic N) is 2. The standard InChI is InChI=1S/C14H20N2O2/c1-11-3-5-12(6-4-11)9-16-8-7-15(2)14(18)13(16)10-17/h3-6,13,17H,7-10H2,1-2H3. The van der Waals surface area contributed by atoms with Gasteiger partial charge in [0.05, 0.1) is 6.61 Å². The van der Waals surface area contributed by atoms with Gasteiger partial charge in [-0.3, -0.25) is 9.69 Å². The van der Waals surface area contributed by atoms with Crippen molar-refractivity contribution in [3.05, 3.63) is 35.4 Å². The van der Waals surface area contributed by atoms with Gasteiger partial charge in [-0.25, -0.2) is 0 Å². The van der Waals surface area contributed by atoms with E-state index in [1.165, 1.54) is 11.1 Å². The first-order valence-corrected chi connectivity index (χ1v) is 6.27. The number of piperazine rings is 1. The fourth-order valence-electron chi connectivity index (χ4n) is 2.27. The second-order valence-electron chi connectivity index (χ2n) is 4.91. The van der Waals surface area contributed by atoms with E-state index in [-0.39, 0.29) is 12.5 Å². The van der Waals surface area contributed by atoms with Crippen molar-refractivity contribution in [2.75, 3.05) is 26.7 Å². The van der Waals surface area contributed by atoms with Gasteiger partial charge in [-0.1, -0.05) is 29.8 Å². The average molecular weight is 248 g/mol. The monoisotopic (exact) mass is 248 g/mol. The normalized spacial score (nSPS) is 21.4. The molecule has 1 N–H and O–H groups in total. The lowest BCUT2D eigenvalue weighted by Crippen LogP contribution is -2.56. The molecule has 1 fully saturated rings. The first-order chi connectivity index (χ1) is 8.61. The second-order valence-corrected chi connectivity index (χ2v) is 4.91. The molecule has 18 heavy (non-hydrogen) atoms. The van der Waals surface area contributed by atoms with Crippen LogP contribution in [0.3, 0.4) is 0 Å². The zero-order valence-corrected chi connectivity index (χ0v) is 11.0. The van der Waals surface area contributed by atoms with E-state index < -0.39 is 6.04 Å². The third kappa shape index (κ3) is 2.71. The number of carbonyl (C=O) groups excluding carboxylic acids is 1. The van der Waals surface area contributed by atoms with Crippen LogP contribution >= 0.6 is 0 Å². The van der Waals surface area contributed by atoms with E-state index in [4.69, 9.17) is 0 Å². The third-order valence-corrected chi connectivity index (χ3v) is 3.50. The van der Waals surface area contributed by atoms with Crippen LogP contribution in [0.15, 0.2) is 24.3 Å². The molecule has 0 aliphatic carbocycles. The lowest BCUT2D eigenvalue weighted by atomic mass is 10.1. The number of likely N-dealkylation sites (N-methyl/N-ethyl adjacent to an activating group) is 1. The summed E-state index contributed by atoms with van der Waals surface area (Å²) in [6, 6.07) is 7.90. The van der Waals surface area contributed by atoms with Crippen molar-refractivity contribution in [2.45, 2.75) is 19.5 Å². The molecule has 2 rings (SSSR count). The molecule has 1 heterocycles. The molecule has 1 unspecified atom stereocenters. The predicted molar refractivity (Wildman–Crippen MR) is 70.1 cm³/mol. The average Bonchev–Trinajstić information content (AvgIpc) is 2.37. The van der Waals surface area contributed by atoms with E-state index in [1.54, 1.807) is 11.9 Å². The molecule has 0 radical (unpaired) electrons. The lowest BCUT2D eigenvalue weighted by Gasteiger charge is -2.38. The fraction of sp³-hybridized carbons (Fsp3) is 0.500. The van der Waals surface area contributed by atoms with Gasteiger partial charge in [-0.15, -0.1) is 0 Å². The molecule has 1 aliphatic heterocycles. The Morgan fingerprint density at radius 2 is 1.94 bits per heavy atom. The van der Waals surface area contributed by atoms with Crippen LogP contribution in [0.4, 0.5) is 0 Å². The Hall–Kier alpha value is -1.39. The zero-order valence-electron chi connectivity index (χ0n) is 11.0. The maximum absolute atomic E-state index is 11.9. The summed E-state index contributed by atoms with van der Waals surface area (Å²) in [7, 11) is 1.79. The summed E-state index contributed by atoms with van der Waals surface area (Å²) in [5.74, 6) is 0.0101. The number of benzene rings is 1. The smallest absolute Gasteiger partial charge is 0.242 e. The van der Waals surface area contributed by atoms with Gasteiger partial charge in [0.2, 0.25) is 5.91 Å². The number of carbonyl (C=O) groups is 1. The Morgan fingerprint density at radius 3 is 2.56 bits per heavy atom. The number of hydrogen-bond acceptors (Lipinski definition) is 3. The van der Waals surface area contributed by atoms with Crippen molar-refractivity contribution in [3.63, 3.8) is 0 Å². The Morgan fingerprint density at radius 1 is 1.28 bits per heavy atom. The van der Waals surface area contributed by atoms with Crippen LogP contribution in [0.2, 0.25) is 0 Å². The minimum Gasteiger partial charge on any atom is -0.394 e. The molecule has 1 aliphatic rings. The van der Waals surface area contributed by atoms with Gasteiger partial charge < -0.3 is 10.0 Å². The molecule has 0 saturated carbocycles. The number of aliphatic hydroxyl groups excluding tert-OH is 1. The molecule has 1 saturated heterocycles. The first-order valence-electron chi connectivity index (χ1n) is 6.27. The zero-order chi connectivity index (χ0) is 13.1. The lowest BCUT2D eigenvalue weighted by molar-refractivity contribution is -0.142. The van der Waals surface area contributed by atoms with E-state index in [1.807, 2.05) is 4.90 Å². The molecule has 1 atom stereocenters. The summed E-state index contributed by atoms with van der Waals surface area (Å²) in [6.07, 6.45) is 0. The highest BCUT2D eigenvalue weighted by Crippen LogP contribution is 2.14. The summed E-state index contributed by atoms with van der Waals surface area (Å²) >= 11 is 0. The largest absolute Gasteiger partial charge is 0.394 e. The number of hydrogen-bond donors (Lipinski definition) is 1. The Kier molecular flexibility index (Phi) is 3.99. The molecule has 1 amide bonds. The Labute approximate surface area is 108 Å². The van der Waals surface area contributed by atoms with E-state index in [0.29, 0.717) is 6.54 Å². The van der Waals surface area contributed by atoms with Gasteiger partial charge >= 0.3 is 0 Å². The molecular formula is C14H20N2O2. The molecule has 0 bridgehead atoms. The molecule has 1 aromatic rings. The van der Waals surface area contributed by atoms with Crippen LogP contribution in [0.1, 0.15) is 11.1 Å². The fourth-order valence-corrected chi connectivity index (χ4v) is 2.27. The summed E-state index contributed by atoms with van der Waals surface area (Å²) < 4.78 is 0. The van der Waals surface area contributed by atoms with Crippen LogP contribution < -0.4 is 0 Å². The van der Waals surface area contributed by atoms with E-state index in [9.17, 15) is 9.90 Å². The highest BCUT2D eigenvalue weighted by Gasteiger charge is 2.32. The Balaban J connectivity index is 2.08. The highest BCUT2D eigenvalue weighted by atomic mass is 16.3. The van der Waals surface area contributed by atoms with Crippen molar-refractivity contribution in [2.24, 2.45) is 0 Å². The molecule has 4 heteroatoms. The number of aryl methyl sites for hydroxylation is 1. The van der Waals surface area contributed by atoms with Crippen LogP contribution in [-0.2, 0) is 11.3 Å². The van der Waals surface area contributed by atoms with Crippen LogP contribution in [-0.4, -0.2) is 53.6 Å². The van der Waals surface area contributed by atoms with Crippen LogP contribution in [0, 0.1) is 6.92 Å². The van der Waals surface area contributed by atoms with Crippen LogP contribution in [0.25, 0.3) is 0 Å². The first kappa shape index (κ1) is 13.1. The second kappa shape index (κ2) is 5.50. The molecular weight excluding hydrogens is 228 g/mol. The molecule has 98 valence electrons. The van der Waals surface area contributed by atoms with Gasteiger partial charge in [0, 0.05) is 26.7 Å². The van der Waals surface area contributed by atoms with Gasteiger partial charge in [-0.05, 0) is 12.5 Å². The number of rotatable bonds is 3. The SMILES string of the molecule is Cc1ccc(CN2CCN(C)C(=O)C2CO)cc1. The van der Waals surface area contributed by atoms with Crippen molar-refractivity contribution in [3.8, 4) is 0 Å². The van der Waals surface area contributed by atoms with Crippen LogP contribution in [0.5, 0.6) is 0 Å². The maximum Gasteiger partial charge on any atom is 0.242 e. The van der Waals surface area contributed by atoms with Crippen molar-refractivity contribution in [1.29, 1.82) is 0 Å². The maximum atomic E-state index is 11.9. The van der Waals surface area contributed by atoms with E-state index in [0.717, 1.165) is 13.1 Å². The minimum absolute atomic E-state index is 0.0101. The Bertz CT molecular complexity index is 416. The van der Waals surface area contributed by atoms with E-state index >= 15 is 0 Å². The highest BCUT2D eigenvalue weighted by molar-refractivity contribution is 5.82. The van der Waals surface area contributed by atoms with Gasteiger partial charge in [-0.2, -0.15) is 0 Å². The summed E-state index contributed by atoms with van der Waals surface area (Å²) in [5, 5.41) is 9.38. The molecule has 4 nitrogen and oxygen atoms in total. The van der Waals surface area contributed by atoms with Crippen molar-refractivity contribution in [1.82, 2.24) is 9.80 Å². The summed E-state index contributed by atoms with van der Waals surface area (Å²) in [4.78, 5) is 15.7. The molecule has 0 aromatic heterocycles. The quantitative estimate of drug-likeness (QED) is 0.853. The van der Waals surface area contributed by atoms with Gasteiger partial charge in [0.25, 0.3) is 0 Å². The van der Waals surface area contributed by atoms with Crippen molar-refractivity contribution >= 4 is 5.91 Å². The molecule has 0 spiro atoms. The topological polar surface area (TPSA) is 43.8 Å². The third-order valence-electron chi connectivity index (χ3n) is 3.50. The summed E-state index contributed by atoms with van der Waals surface area (Å²) in [6.45, 7) is 4.18. The van der Waals surface area contributed by atoms with E-state index in [2.05, 4.69) is 31.2 Å². The predicted octanol–water partition coefficient (Wildman–Crippen LogP) is 0.630. The molecule has 1 aromatic carbocycles. The van der Waals surface area contributed by atoms with Crippen molar-refractivity contribution < 1.29 is 9.90 Å². The van der Waals surface area contributed by atoms with Gasteiger partial charge in [0.1, 0.15) is 6.04 Å². The minimum atomic E-state index is -0.398. The number of amides is 1.